The summed E-state index contributed by atoms with van der Waals surface area (Å²) < 4.78 is 22.7. The molecule has 2 saturated heterocycles. The fourth-order valence-corrected chi connectivity index (χ4v) is 26.0. The third-order valence-electron chi connectivity index (χ3n) is 5.72. The fraction of sp³-hybridized carbons (Fsp3) is 0.864. The molecule has 2 aliphatic heterocycles. The van der Waals surface area contributed by atoms with Crippen LogP contribution in [0.4, 0.5) is 0 Å². The van der Waals surface area contributed by atoms with Crippen LogP contribution in [0, 0.1) is 11.3 Å². The van der Waals surface area contributed by atoms with Crippen molar-refractivity contribution in [1.82, 2.24) is 0 Å². The van der Waals surface area contributed by atoms with Gasteiger partial charge in [0.15, 0.2) is 38.7 Å². The molecule has 2 fully saturated rings. The predicted molar refractivity (Wildman–Crippen MR) is 152 cm³/mol. The van der Waals surface area contributed by atoms with Gasteiger partial charge >= 0.3 is 17.9 Å². The highest BCUT2D eigenvalue weighted by molar-refractivity contribution is 6.87. The molecule has 35 heavy (non-hydrogen) atoms. The fourth-order valence-electron chi connectivity index (χ4n) is 5.51. The maximum absolute atomic E-state index is 12.5. The van der Waals surface area contributed by atoms with Gasteiger partial charge in [-0.15, -0.1) is 12.4 Å². The van der Waals surface area contributed by atoms with Crippen LogP contribution in [0.25, 0.3) is 0 Å². The number of hydrogen-bond donors (Lipinski definition) is 1. The van der Waals surface area contributed by atoms with Crippen molar-refractivity contribution in [2.45, 2.75) is 97.8 Å². The molecule has 0 bridgehead atoms. The summed E-state index contributed by atoms with van der Waals surface area (Å²) in [6.45, 7) is 20.7. The summed E-state index contributed by atoms with van der Waals surface area (Å²) in [4.78, 5) is 35.9. The van der Waals surface area contributed by atoms with Crippen molar-refractivity contribution in [2.24, 2.45) is 11.3 Å². The third kappa shape index (κ3) is 10.8. The Labute approximate surface area is 222 Å². The minimum absolute atomic E-state index is 0. The first-order chi connectivity index (χ1) is 14.8. The molecule has 0 unspecified atom stereocenters. The van der Waals surface area contributed by atoms with Gasteiger partial charge in [0.05, 0.1) is 19.1 Å². The van der Waals surface area contributed by atoms with E-state index in [1.807, 2.05) is 26.2 Å². The maximum Gasteiger partial charge on any atom is 0.323 e. The van der Waals surface area contributed by atoms with Gasteiger partial charge in [-0.25, -0.2) is 0 Å². The zero-order valence-electron chi connectivity index (χ0n) is 22.5. The second-order valence-electron chi connectivity index (χ2n) is 11.6. The van der Waals surface area contributed by atoms with Crippen molar-refractivity contribution in [1.29, 1.82) is 0 Å². The van der Waals surface area contributed by atoms with E-state index in [0.29, 0.717) is 12.1 Å². The van der Waals surface area contributed by atoms with Gasteiger partial charge in [-0.1, -0.05) is 7.43 Å². The van der Waals surface area contributed by atoms with Gasteiger partial charge in [-0.05, 0) is 90.4 Å². The monoisotopic (exact) mass is 588 g/mol. The lowest BCUT2D eigenvalue weighted by Crippen LogP contribution is -2.60. The van der Waals surface area contributed by atoms with E-state index in [1.54, 1.807) is 13.8 Å². The largest absolute Gasteiger partial charge is 0.481 e. The van der Waals surface area contributed by atoms with E-state index in [2.05, 4.69) is 26.2 Å². The lowest BCUT2D eigenvalue weighted by atomic mass is 9.93. The summed E-state index contributed by atoms with van der Waals surface area (Å²) in [6, 6.07) is 2.43. The zero-order valence-corrected chi connectivity index (χ0v) is 27.3. The number of rotatable bonds is 5. The second-order valence-corrected chi connectivity index (χ2v) is 28.8. The highest BCUT2D eigenvalue weighted by Crippen LogP contribution is 2.46. The third-order valence-corrected chi connectivity index (χ3v) is 20.4. The normalized spacial score (nSPS) is 23.1. The average molecular weight is 589 g/mol. The predicted octanol–water partition coefficient (Wildman–Crippen LogP) is 5.72. The van der Waals surface area contributed by atoms with Crippen molar-refractivity contribution in [3.63, 3.8) is 0 Å². The van der Waals surface area contributed by atoms with Crippen LogP contribution < -0.4 is 0 Å². The quantitative estimate of drug-likeness (QED) is 0.246. The first-order valence-corrected chi connectivity index (χ1v) is 24.2. The van der Waals surface area contributed by atoms with Crippen molar-refractivity contribution in [3.8, 4) is 0 Å². The Morgan fingerprint density at radius 2 is 1.09 bits per heavy atom. The number of aliphatic carboxylic acids is 1. The molecule has 13 heteroatoms. The van der Waals surface area contributed by atoms with Crippen LogP contribution in [0.15, 0.2) is 0 Å². The van der Waals surface area contributed by atoms with E-state index in [0.717, 1.165) is 12.1 Å². The number of carboxylic acid groups (broad SMARTS) is 1. The van der Waals surface area contributed by atoms with Gasteiger partial charge in [0.1, 0.15) is 0 Å². The van der Waals surface area contributed by atoms with Crippen LogP contribution in [0.1, 0.15) is 21.3 Å². The Bertz CT molecular complexity index is 691. The van der Waals surface area contributed by atoms with E-state index in [-0.39, 0.29) is 39.0 Å². The van der Waals surface area contributed by atoms with Gasteiger partial charge in [0, 0.05) is 0 Å². The van der Waals surface area contributed by atoms with Crippen molar-refractivity contribution in [3.05, 3.63) is 0 Å². The lowest BCUT2D eigenvalue weighted by molar-refractivity contribution is -0.169. The minimum Gasteiger partial charge on any atom is -0.481 e. The van der Waals surface area contributed by atoms with Crippen molar-refractivity contribution >= 4 is 63.6 Å². The maximum atomic E-state index is 12.5. The lowest BCUT2D eigenvalue weighted by Gasteiger charge is -2.47. The molecule has 0 spiro atoms. The molecule has 0 aromatic rings. The molecule has 0 atom stereocenters. The van der Waals surface area contributed by atoms with Gasteiger partial charge in [0.2, 0.25) is 0 Å². The number of esters is 2. The molecule has 208 valence electrons. The van der Waals surface area contributed by atoms with Gasteiger partial charge < -0.3 is 22.8 Å². The smallest absolute Gasteiger partial charge is 0.323 e. The van der Waals surface area contributed by atoms with Crippen molar-refractivity contribution < 1.29 is 37.2 Å². The molecule has 2 rings (SSSR count). The molecule has 8 nitrogen and oxygen atoms in total. The SMILES string of the molecule is C.CCOC(=O)C1(C(=O)OCC)C[Si](C)(C)O[Si](C)(C)C1.C[Si]1(C)CC(C(=O)O)C[Si](C)(C)O1.Cl. The second kappa shape index (κ2) is 13.3. The number of hydrogen-bond acceptors (Lipinski definition) is 7. The van der Waals surface area contributed by atoms with E-state index < -0.39 is 56.6 Å². The Kier molecular flexibility index (Phi) is 14.0. The van der Waals surface area contributed by atoms with Crippen LogP contribution in [-0.2, 0) is 32.1 Å². The number of carbonyl (C=O) groups excluding carboxylic acids is 2. The van der Waals surface area contributed by atoms with Gasteiger partial charge in [-0.3, -0.25) is 14.4 Å². The number of ether oxygens (including phenoxy) is 2. The molecule has 0 aliphatic carbocycles. The van der Waals surface area contributed by atoms with Gasteiger partial charge in [-0.2, -0.15) is 0 Å². The number of carboxylic acids is 1. The van der Waals surface area contributed by atoms with E-state index in [1.165, 1.54) is 0 Å². The standard InChI is InChI=1S/C13H26O5Si2.C8H18O3Si2.CH4.ClH/c1-7-16-11(14)13(12(15)17-8-2)9-19(3,4)18-20(5,6)10-13;1-12(2)5-7(8(9)10)6-13(3,4)11-12;;/h7-10H2,1-6H3;7H,5-6H2,1-4H3,(H,9,10);1H4;1H. The molecule has 1 N–H and O–H groups in total. The molecule has 2 aliphatic rings. The summed E-state index contributed by atoms with van der Waals surface area (Å²) >= 11 is 0. The average Bonchev–Trinajstić information content (AvgIpc) is 2.57. The van der Waals surface area contributed by atoms with Gasteiger partial charge in [0.25, 0.3) is 0 Å². The van der Waals surface area contributed by atoms with Crippen LogP contribution >= 0.6 is 12.4 Å². The van der Waals surface area contributed by atoms with Crippen molar-refractivity contribution in [2.75, 3.05) is 13.2 Å². The summed E-state index contributed by atoms with van der Waals surface area (Å²) in [5.41, 5.74) is -1.16. The first-order valence-electron chi connectivity index (χ1n) is 11.8. The Balaban J connectivity index is 0. The Morgan fingerprint density at radius 3 is 1.37 bits per heavy atom. The Hall–Kier alpha value is -0.512. The summed E-state index contributed by atoms with van der Waals surface area (Å²) in [5, 5.41) is 8.99. The number of halogens is 1. The highest BCUT2D eigenvalue weighted by atomic mass is 35.5. The summed E-state index contributed by atoms with van der Waals surface area (Å²) in [6.07, 6.45) is 0. The minimum atomic E-state index is -2.08. The van der Waals surface area contributed by atoms with Crippen LogP contribution in [-0.4, -0.2) is 69.5 Å². The highest BCUT2D eigenvalue weighted by Gasteiger charge is 2.60. The Morgan fingerprint density at radius 1 is 0.771 bits per heavy atom. The summed E-state index contributed by atoms with van der Waals surface area (Å²) in [7, 11) is -7.51. The van der Waals surface area contributed by atoms with E-state index in [4.69, 9.17) is 22.8 Å². The first kappa shape index (κ1) is 36.6. The van der Waals surface area contributed by atoms with Crippen LogP contribution in [0.5, 0.6) is 0 Å². The molecule has 0 aromatic carbocycles. The van der Waals surface area contributed by atoms with Crippen LogP contribution in [0.2, 0.25) is 76.6 Å². The molecule has 0 radical (unpaired) electrons. The molecule has 0 amide bonds. The molecular weight excluding hydrogens is 540 g/mol. The van der Waals surface area contributed by atoms with E-state index in [9.17, 15) is 14.4 Å². The zero-order chi connectivity index (χ0) is 25.9. The van der Waals surface area contributed by atoms with Crippen LogP contribution in [0.3, 0.4) is 0 Å². The summed E-state index contributed by atoms with van der Waals surface area (Å²) in [5.74, 6) is -1.66. The molecule has 0 saturated carbocycles. The molecular formula is C22H49ClO8Si4. The number of carbonyl (C=O) groups is 3. The van der Waals surface area contributed by atoms with E-state index >= 15 is 0 Å². The molecule has 2 heterocycles. The topological polar surface area (TPSA) is 108 Å². The molecule has 0 aromatic heterocycles.